The Morgan fingerprint density at radius 2 is 1.90 bits per heavy atom. The molecule has 2 aromatic rings. The molecule has 0 saturated carbocycles. The standard InChI is InChI=1S/C26H30O3/c1-3-7-21(18-22-10-13-23(27)14-11-22)12-15-26-25(16-17-28-26)20(2)19-29-24-8-5-4-6-9-24/h4-6,8-11,13-14,16,18,26-27H,2-3,7,12,15,17,19H2,1H3/b21-18+. The molecule has 1 N–H and O–H groups in total. The lowest BCUT2D eigenvalue weighted by molar-refractivity contribution is 0.116. The number of hydrogen-bond acceptors (Lipinski definition) is 3. The van der Waals surface area contributed by atoms with Crippen molar-refractivity contribution in [3.05, 3.63) is 89.5 Å². The molecule has 152 valence electrons. The number of rotatable bonds is 10. The van der Waals surface area contributed by atoms with Gasteiger partial charge in [-0.05, 0) is 60.2 Å². The number of para-hydroxylation sites is 1. The maximum atomic E-state index is 9.48. The van der Waals surface area contributed by atoms with Gasteiger partial charge in [-0.15, -0.1) is 0 Å². The van der Waals surface area contributed by atoms with E-state index < -0.39 is 0 Å². The van der Waals surface area contributed by atoms with E-state index in [0.717, 1.165) is 42.6 Å². The second-order valence-corrected chi connectivity index (χ2v) is 7.37. The second kappa shape index (κ2) is 10.7. The quantitative estimate of drug-likeness (QED) is 0.516. The summed E-state index contributed by atoms with van der Waals surface area (Å²) in [5.41, 5.74) is 4.67. The van der Waals surface area contributed by atoms with Crippen molar-refractivity contribution in [2.45, 2.75) is 38.7 Å². The highest BCUT2D eigenvalue weighted by molar-refractivity contribution is 5.54. The Morgan fingerprint density at radius 1 is 1.14 bits per heavy atom. The third-order valence-electron chi connectivity index (χ3n) is 5.07. The zero-order valence-corrected chi connectivity index (χ0v) is 17.1. The Hall–Kier alpha value is -2.78. The van der Waals surface area contributed by atoms with E-state index in [1.807, 2.05) is 42.5 Å². The van der Waals surface area contributed by atoms with E-state index in [0.29, 0.717) is 19.0 Å². The van der Waals surface area contributed by atoms with Gasteiger partial charge in [-0.25, -0.2) is 0 Å². The minimum Gasteiger partial charge on any atom is -0.508 e. The molecule has 0 aliphatic carbocycles. The van der Waals surface area contributed by atoms with Crippen LogP contribution in [0.3, 0.4) is 0 Å². The predicted octanol–water partition coefficient (Wildman–Crippen LogP) is 6.32. The van der Waals surface area contributed by atoms with Gasteiger partial charge in [-0.1, -0.05) is 68.0 Å². The highest BCUT2D eigenvalue weighted by atomic mass is 16.5. The van der Waals surface area contributed by atoms with Crippen molar-refractivity contribution < 1.29 is 14.6 Å². The number of benzene rings is 2. The van der Waals surface area contributed by atoms with Crippen LogP contribution in [0.2, 0.25) is 0 Å². The molecule has 0 fully saturated rings. The molecule has 2 aromatic carbocycles. The summed E-state index contributed by atoms with van der Waals surface area (Å²) in [6.45, 7) is 7.54. The number of allylic oxidation sites excluding steroid dienone is 1. The van der Waals surface area contributed by atoms with Gasteiger partial charge in [0, 0.05) is 0 Å². The fourth-order valence-corrected chi connectivity index (χ4v) is 3.57. The van der Waals surface area contributed by atoms with Gasteiger partial charge >= 0.3 is 0 Å². The lowest BCUT2D eigenvalue weighted by Crippen LogP contribution is -2.15. The molecule has 0 saturated heterocycles. The van der Waals surface area contributed by atoms with Crippen molar-refractivity contribution >= 4 is 6.08 Å². The molecular formula is C26H30O3. The Bertz CT molecular complexity index is 847. The Kier molecular flexibility index (Phi) is 7.71. The smallest absolute Gasteiger partial charge is 0.119 e. The second-order valence-electron chi connectivity index (χ2n) is 7.37. The molecule has 0 amide bonds. The molecule has 3 nitrogen and oxygen atoms in total. The van der Waals surface area contributed by atoms with E-state index in [2.05, 4.69) is 25.7 Å². The van der Waals surface area contributed by atoms with E-state index >= 15 is 0 Å². The molecule has 0 aromatic heterocycles. The van der Waals surface area contributed by atoms with Crippen LogP contribution in [0.5, 0.6) is 11.5 Å². The van der Waals surface area contributed by atoms with Gasteiger partial charge in [0.05, 0.1) is 12.7 Å². The average Bonchev–Trinajstić information content (AvgIpc) is 3.21. The highest BCUT2D eigenvalue weighted by Gasteiger charge is 2.22. The summed E-state index contributed by atoms with van der Waals surface area (Å²) in [6, 6.07) is 17.2. The monoisotopic (exact) mass is 390 g/mol. The van der Waals surface area contributed by atoms with Crippen molar-refractivity contribution in [1.82, 2.24) is 0 Å². The van der Waals surface area contributed by atoms with Crippen LogP contribution in [-0.4, -0.2) is 24.4 Å². The van der Waals surface area contributed by atoms with Crippen LogP contribution in [0.25, 0.3) is 6.08 Å². The Morgan fingerprint density at radius 3 is 2.62 bits per heavy atom. The van der Waals surface area contributed by atoms with Crippen LogP contribution >= 0.6 is 0 Å². The molecule has 3 rings (SSSR count). The topological polar surface area (TPSA) is 38.7 Å². The SMILES string of the molecule is C=C(COc1ccccc1)C1=CCOC1CC/C(=C/c1ccc(O)cc1)CCC. The van der Waals surface area contributed by atoms with E-state index in [1.165, 1.54) is 11.1 Å². The van der Waals surface area contributed by atoms with Gasteiger partial charge in [0.1, 0.15) is 18.1 Å². The van der Waals surface area contributed by atoms with Crippen molar-refractivity contribution in [2.75, 3.05) is 13.2 Å². The van der Waals surface area contributed by atoms with E-state index in [-0.39, 0.29) is 6.10 Å². The van der Waals surface area contributed by atoms with Gasteiger partial charge in [0.25, 0.3) is 0 Å². The summed E-state index contributed by atoms with van der Waals surface area (Å²) in [6.07, 6.45) is 8.51. The summed E-state index contributed by atoms with van der Waals surface area (Å²) in [7, 11) is 0. The fraction of sp³-hybridized carbons (Fsp3) is 0.308. The molecule has 3 heteroatoms. The molecule has 29 heavy (non-hydrogen) atoms. The Labute approximate surface area is 174 Å². The lowest BCUT2D eigenvalue weighted by atomic mass is 9.95. The van der Waals surface area contributed by atoms with E-state index in [4.69, 9.17) is 9.47 Å². The largest absolute Gasteiger partial charge is 0.508 e. The number of hydrogen-bond donors (Lipinski definition) is 1. The number of aromatic hydroxyl groups is 1. The minimum absolute atomic E-state index is 0.0712. The first kappa shape index (κ1) is 20.9. The lowest BCUT2D eigenvalue weighted by Gasteiger charge is -2.18. The Balaban J connectivity index is 1.57. The molecule has 1 aliphatic heterocycles. The predicted molar refractivity (Wildman–Crippen MR) is 119 cm³/mol. The number of phenols is 1. The van der Waals surface area contributed by atoms with Crippen LogP contribution in [-0.2, 0) is 4.74 Å². The first-order valence-electron chi connectivity index (χ1n) is 10.3. The van der Waals surface area contributed by atoms with Gasteiger partial charge in [-0.2, -0.15) is 0 Å². The molecule has 1 atom stereocenters. The summed E-state index contributed by atoms with van der Waals surface area (Å²) in [4.78, 5) is 0. The zero-order valence-electron chi connectivity index (χ0n) is 17.1. The highest BCUT2D eigenvalue weighted by Crippen LogP contribution is 2.28. The summed E-state index contributed by atoms with van der Waals surface area (Å²) in [5, 5.41) is 9.48. The first-order chi connectivity index (χ1) is 14.2. The number of ether oxygens (including phenoxy) is 2. The summed E-state index contributed by atoms with van der Waals surface area (Å²) in [5.74, 6) is 1.15. The van der Waals surface area contributed by atoms with Gasteiger partial charge in [0.2, 0.25) is 0 Å². The molecule has 0 spiro atoms. The fourth-order valence-electron chi connectivity index (χ4n) is 3.57. The van der Waals surface area contributed by atoms with Crippen molar-refractivity contribution in [3.63, 3.8) is 0 Å². The minimum atomic E-state index is 0.0712. The van der Waals surface area contributed by atoms with Crippen LogP contribution in [0, 0.1) is 0 Å². The van der Waals surface area contributed by atoms with Crippen molar-refractivity contribution in [2.24, 2.45) is 0 Å². The summed E-state index contributed by atoms with van der Waals surface area (Å²) < 4.78 is 11.8. The van der Waals surface area contributed by atoms with Gasteiger partial charge < -0.3 is 14.6 Å². The third kappa shape index (κ3) is 6.37. The third-order valence-corrected chi connectivity index (χ3v) is 5.07. The van der Waals surface area contributed by atoms with E-state index in [9.17, 15) is 5.11 Å². The van der Waals surface area contributed by atoms with Crippen LogP contribution in [0.15, 0.2) is 84.0 Å². The molecule has 0 radical (unpaired) electrons. The zero-order chi connectivity index (χ0) is 20.5. The van der Waals surface area contributed by atoms with Crippen LogP contribution in [0.1, 0.15) is 38.2 Å². The average molecular weight is 391 g/mol. The maximum absolute atomic E-state index is 9.48. The van der Waals surface area contributed by atoms with Gasteiger partial charge in [-0.3, -0.25) is 0 Å². The molecule has 1 heterocycles. The first-order valence-corrected chi connectivity index (χ1v) is 10.3. The van der Waals surface area contributed by atoms with Crippen molar-refractivity contribution in [1.29, 1.82) is 0 Å². The van der Waals surface area contributed by atoms with Crippen LogP contribution in [0.4, 0.5) is 0 Å². The molecule has 0 bridgehead atoms. The van der Waals surface area contributed by atoms with Gasteiger partial charge in [0.15, 0.2) is 0 Å². The van der Waals surface area contributed by atoms with Crippen molar-refractivity contribution in [3.8, 4) is 11.5 Å². The van der Waals surface area contributed by atoms with E-state index in [1.54, 1.807) is 12.1 Å². The summed E-state index contributed by atoms with van der Waals surface area (Å²) >= 11 is 0. The molecule has 1 aliphatic rings. The molecular weight excluding hydrogens is 360 g/mol. The number of phenolic OH excluding ortho intramolecular Hbond substituents is 1. The van der Waals surface area contributed by atoms with Crippen LogP contribution < -0.4 is 4.74 Å². The maximum Gasteiger partial charge on any atom is 0.119 e. The normalized spacial score (nSPS) is 16.5. The molecule has 1 unspecified atom stereocenters.